The summed E-state index contributed by atoms with van der Waals surface area (Å²) in [5.74, 6) is 1.19. The molecule has 1 amide bonds. The van der Waals surface area contributed by atoms with Crippen molar-refractivity contribution in [1.82, 2.24) is 30.1 Å². The molecule has 1 aromatic carbocycles. The third-order valence-corrected chi connectivity index (χ3v) is 4.51. The number of amides is 1. The fraction of sp³-hybridized carbons (Fsp3) is 0.150. The molecule has 0 aliphatic carbocycles. The van der Waals surface area contributed by atoms with Crippen molar-refractivity contribution in [2.24, 2.45) is 0 Å². The first-order chi connectivity index (χ1) is 14.2. The van der Waals surface area contributed by atoms with E-state index in [2.05, 4.69) is 30.9 Å². The summed E-state index contributed by atoms with van der Waals surface area (Å²) in [5, 5.41) is 19.5. The number of nitrogens with one attached hydrogen (secondary N) is 2. The van der Waals surface area contributed by atoms with Crippen LogP contribution in [0.5, 0.6) is 0 Å². The smallest absolute Gasteiger partial charge is 0.251 e. The molecule has 146 valence electrons. The molecule has 0 aliphatic heterocycles. The lowest BCUT2D eigenvalue weighted by Gasteiger charge is -2.07. The summed E-state index contributed by atoms with van der Waals surface area (Å²) in [7, 11) is 0. The molecule has 0 unspecified atom stereocenters. The van der Waals surface area contributed by atoms with E-state index >= 15 is 0 Å². The van der Waals surface area contributed by atoms with Gasteiger partial charge in [-0.3, -0.25) is 9.78 Å². The Labute approximate surface area is 172 Å². The van der Waals surface area contributed by atoms with E-state index in [0.717, 1.165) is 5.56 Å². The average molecular weight is 408 g/mol. The van der Waals surface area contributed by atoms with Gasteiger partial charge in [-0.25, -0.2) is 0 Å². The summed E-state index contributed by atoms with van der Waals surface area (Å²) in [4.78, 5) is 16.2. The fourth-order valence-corrected chi connectivity index (χ4v) is 2.99. The van der Waals surface area contributed by atoms with Gasteiger partial charge in [0.25, 0.3) is 5.91 Å². The lowest BCUT2D eigenvalue weighted by molar-refractivity contribution is 0.0954. The van der Waals surface area contributed by atoms with Crippen LogP contribution in [-0.4, -0.2) is 37.2 Å². The Hall–Kier alpha value is -3.52. The average Bonchev–Trinajstić information content (AvgIpc) is 3.15. The first kappa shape index (κ1) is 18.8. The molecule has 4 aromatic rings. The molecule has 4 rings (SSSR count). The molecular formula is C20H18ClN7O. The van der Waals surface area contributed by atoms with E-state index in [4.69, 9.17) is 11.6 Å². The van der Waals surface area contributed by atoms with Crippen LogP contribution in [-0.2, 0) is 13.0 Å². The largest absolute Gasteiger partial charge is 0.365 e. The molecule has 8 nitrogen and oxygen atoms in total. The number of aromatic nitrogens is 5. The maximum atomic E-state index is 12.2. The minimum atomic E-state index is -0.186. The number of fused-ring (bicyclic) bond motifs is 1. The SMILES string of the molecule is O=C(NCCc1nnc2ccc(NCc3ccncc3)nn12)c1cccc(Cl)c1. The molecule has 3 heterocycles. The maximum absolute atomic E-state index is 12.2. The molecule has 9 heteroatoms. The predicted molar refractivity (Wildman–Crippen MR) is 110 cm³/mol. The quantitative estimate of drug-likeness (QED) is 0.489. The van der Waals surface area contributed by atoms with Gasteiger partial charge >= 0.3 is 0 Å². The summed E-state index contributed by atoms with van der Waals surface area (Å²) in [6.07, 6.45) is 4.00. The molecule has 3 aromatic heterocycles. The number of anilines is 1. The Kier molecular flexibility index (Phi) is 5.62. The van der Waals surface area contributed by atoms with Crippen molar-refractivity contribution in [2.45, 2.75) is 13.0 Å². The van der Waals surface area contributed by atoms with Gasteiger partial charge < -0.3 is 10.6 Å². The van der Waals surface area contributed by atoms with Crippen LogP contribution in [0.15, 0.2) is 60.9 Å². The summed E-state index contributed by atoms with van der Waals surface area (Å²) in [6.45, 7) is 1.04. The van der Waals surface area contributed by atoms with E-state index < -0.39 is 0 Å². The van der Waals surface area contributed by atoms with Gasteiger partial charge in [-0.15, -0.1) is 15.3 Å². The number of nitrogens with zero attached hydrogens (tertiary/aromatic N) is 5. The van der Waals surface area contributed by atoms with Crippen LogP contribution in [0, 0.1) is 0 Å². The molecule has 0 saturated heterocycles. The minimum Gasteiger partial charge on any atom is -0.365 e. The zero-order valence-electron chi connectivity index (χ0n) is 15.4. The van der Waals surface area contributed by atoms with Gasteiger partial charge in [0, 0.05) is 42.5 Å². The van der Waals surface area contributed by atoms with Gasteiger partial charge in [-0.2, -0.15) is 4.52 Å². The molecule has 0 saturated carbocycles. The highest BCUT2D eigenvalue weighted by atomic mass is 35.5. The molecular weight excluding hydrogens is 390 g/mol. The first-order valence-corrected chi connectivity index (χ1v) is 9.45. The second-order valence-electron chi connectivity index (χ2n) is 6.33. The second-order valence-corrected chi connectivity index (χ2v) is 6.77. The monoisotopic (exact) mass is 407 g/mol. The van der Waals surface area contributed by atoms with Crippen LogP contribution in [0.1, 0.15) is 21.7 Å². The summed E-state index contributed by atoms with van der Waals surface area (Å²) in [6, 6.07) is 14.4. The molecule has 0 fully saturated rings. The van der Waals surface area contributed by atoms with Crippen molar-refractivity contribution in [1.29, 1.82) is 0 Å². The van der Waals surface area contributed by atoms with Gasteiger partial charge in [0.05, 0.1) is 0 Å². The first-order valence-electron chi connectivity index (χ1n) is 9.07. The van der Waals surface area contributed by atoms with Crippen molar-refractivity contribution in [2.75, 3.05) is 11.9 Å². The lowest BCUT2D eigenvalue weighted by atomic mass is 10.2. The van der Waals surface area contributed by atoms with Gasteiger partial charge in [-0.05, 0) is 48.0 Å². The van der Waals surface area contributed by atoms with Crippen molar-refractivity contribution in [3.05, 3.63) is 82.9 Å². The highest BCUT2D eigenvalue weighted by Gasteiger charge is 2.10. The highest BCUT2D eigenvalue weighted by molar-refractivity contribution is 6.30. The third-order valence-electron chi connectivity index (χ3n) is 4.27. The Balaban J connectivity index is 1.39. The topological polar surface area (TPSA) is 97.1 Å². The van der Waals surface area contributed by atoms with Crippen molar-refractivity contribution < 1.29 is 4.79 Å². The number of carbonyl (C=O) groups excluding carboxylic acids is 1. The summed E-state index contributed by atoms with van der Waals surface area (Å²) in [5.41, 5.74) is 2.27. The van der Waals surface area contributed by atoms with E-state index in [1.165, 1.54) is 0 Å². The number of hydrogen-bond acceptors (Lipinski definition) is 6. The maximum Gasteiger partial charge on any atom is 0.251 e. The van der Waals surface area contributed by atoms with Gasteiger partial charge in [-0.1, -0.05) is 17.7 Å². The standard InChI is InChI=1S/C20H18ClN7O/c21-16-3-1-2-15(12-16)20(29)23-11-8-19-26-25-18-5-4-17(27-28(18)19)24-13-14-6-9-22-10-7-14/h1-7,9-10,12H,8,11,13H2,(H,23,29)(H,24,27). The van der Waals surface area contributed by atoms with E-state index in [-0.39, 0.29) is 5.91 Å². The van der Waals surface area contributed by atoms with Crippen molar-refractivity contribution in [3.63, 3.8) is 0 Å². The Morgan fingerprint density at radius 3 is 2.76 bits per heavy atom. The molecule has 0 atom stereocenters. The number of halogens is 1. The molecule has 0 aliphatic rings. The molecule has 0 radical (unpaired) electrons. The van der Waals surface area contributed by atoms with Crippen LogP contribution in [0.4, 0.5) is 5.82 Å². The van der Waals surface area contributed by atoms with Crippen molar-refractivity contribution in [3.8, 4) is 0 Å². The highest BCUT2D eigenvalue weighted by Crippen LogP contribution is 2.11. The summed E-state index contributed by atoms with van der Waals surface area (Å²) >= 11 is 5.93. The molecule has 0 bridgehead atoms. The normalized spacial score (nSPS) is 10.8. The zero-order valence-corrected chi connectivity index (χ0v) is 16.2. The third kappa shape index (κ3) is 4.67. The van der Waals surface area contributed by atoms with Crippen LogP contribution in [0.3, 0.4) is 0 Å². The fourth-order valence-electron chi connectivity index (χ4n) is 2.80. The minimum absolute atomic E-state index is 0.186. The zero-order chi connectivity index (χ0) is 20.1. The van der Waals surface area contributed by atoms with E-state index in [1.54, 1.807) is 41.2 Å². The number of carbonyl (C=O) groups is 1. The van der Waals surface area contributed by atoms with E-state index in [1.807, 2.05) is 24.3 Å². The van der Waals surface area contributed by atoms with E-state index in [0.29, 0.717) is 47.4 Å². The van der Waals surface area contributed by atoms with Crippen LogP contribution >= 0.6 is 11.6 Å². The number of pyridine rings is 1. The van der Waals surface area contributed by atoms with Gasteiger partial charge in [0.2, 0.25) is 0 Å². The van der Waals surface area contributed by atoms with Crippen LogP contribution < -0.4 is 10.6 Å². The number of benzene rings is 1. The van der Waals surface area contributed by atoms with Crippen LogP contribution in [0.25, 0.3) is 5.65 Å². The predicted octanol–water partition coefficient (Wildman–Crippen LogP) is 2.76. The van der Waals surface area contributed by atoms with Crippen LogP contribution in [0.2, 0.25) is 5.02 Å². The molecule has 29 heavy (non-hydrogen) atoms. The van der Waals surface area contributed by atoms with Gasteiger partial charge in [0.1, 0.15) is 5.82 Å². The second kappa shape index (κ2) is 8.66. The Morgan fingerprint density at radius 2 is 1.93 bits per heavy atom. The molecule has 2 N–H and O–H groups in total. The molecule has 0 spiro atoms. The Bertz CT molecular complexity index is 1130. The van der Waals surface area contributed by atoms with Gasteiger partial charge in [0.15, 0.2) is 11.5 Å². The number of rotatable bonds is 7. The van der Waals surface area contributed by atoms with Crippen molar-refractivity contribution >= 4 is 29.0 Å². The Morgan fingerprint density at radius 1 is 1.07 bits per heavy atom. The summed E-state index contributed by atoms with van der Waals surface area (Å²) < 4.78 is 1.68. The lowest BCUT2D eigenvalue weighted by Crippen LogP contribution is -2.26. The number of hydrogen-bond donors (Lipinski definition) is 2. The van der Waals surface area contributed by atoms with E-state index in [9.17, 15) is 4.79 Å².